The molecule has 0 spiro atoms. The van der Waals surface area contributed by atoms with E-state index in [2.05, 4.69) is 11.4 Å². The smallest absolute Gasteiger partial charge is 0.228 e. The Hall–Kier alpha value is -2.36. The van der Waals surface area contributed by atoms with E-state index in [1.165, 1.54) is 17.7 Å². The van der Waals surface area contributed by atoms with Crippen LogP contribution in [-0.4, -0.2) is 19.0 Å². The van der Waals surface area contributed by atoms with Gasteiger partial charge in [0.25, 0.3) is 0 Å². The predicted octanol–water partition coefficient (Wildman–Crippen LogP) is 3.61. The molecule has 1 aliphatic heterocycles. The molecular formula is C18H19FN2O. The number of hydrogen-bond donors (Lipinski definition) is 1. The van der Waals surface area contributed by atoms with Crippen LogP contribution in [0.2, 0.25) is 0 Å². The molecule has 1 amide bonds. The molecule has 0 fully saturated rings. The highest BCUT2D eigenvalue weighted by Gasteiger charge is 2.21. The van der Waals surface area contributed by atoms with Crippen molar-refractivity contribution in [2.75, 3.05) is 23.3 Å². The fraction of sp³-hybridized carbons (Fsp3) is 0.278. The number of anilines is 2. The van der Waals surface area contributed by atoms with Crippen LogP contribution in [0.5, 0.6) is 0 Å². The lowest BCUT2D eigenvalue weighted by Crippen LogP contribution is -2.36. The fourth-order valence-corrected chi connectivity index (χ4v) is 2.81. The molecule has 0 bridgehead atoms. The summed E-state index contributed by atoms with van der Waals surface area (Å²) >= 11 is 0. The first-order valence-corrected chi connectivity index (χ1v) is 7.62. The highest BCUT2D eigenvalue weighted by Crippen LogP contribution is 2.27. The van der Waals surface area contributed by atoms with E-state index < -0.39 is 0 Å². The van der Waals surface area contributed by atoms with Crippen LogP contribution in [0.1, 0.15) is 18.4 Å². The number of halogens is 1. The summed E-state index contributed by atoms with van der Waals surface area (Å²) in [6, 6.07) is 14.3. The largest absolute Gasteiger partial charge is 0.385 e. The predicted molar refractivity (Wildman–Crippen MR) is 86.6 cm³/mol. The Morgan fingerprint density at radius 1 is 1.14 bits per heavy atom. The fourth-order valence-electron chi connectivity index (χ4n) is 2.81. The molecule has 0 aliphatic carbocycles. The molecule has 2 aromatic rings. The van der Waals surface area contributed by atoms with E-state index in [0.717, 1.165) is 30.8 Å². The van der Waals surface area contributed by atoms with Gasteiger partial charge in [-0.1, -0.05) is 18.2 Å². The van der Waals surface area contributed by atoms with E-state index in [4.69, 9.17) is 0 Å². The van der Waals surface area contributed by atoms with E-state index in [-0.39, 0.29) is 11.7 Å². The lowest BCUT2D eigenvalue weighted by molar-refractivity contribution is -0.118. The first-order valence-electron chi connectivity index (χ1n) is 7.62. The van der Waals surface area contributed by atoms with Gasteiger partial charge in [0.05, 0.1) is 0 Å². The monoisotopic (exact) mass is 298 g/mol. The summed E-state index contributed by atoms with van der Waals surface area (Å²) in [5.74, 6) is -0.131. The Bertz CT molecular complexity index is 654. The summed E-state index contributed by atoms with van der Waals surface area (Å²) < 4.78 is 12.8. The molecule has 1 heterocycles. The van der Waals surface area contributed by atoms with Gasteiger partial charge in [0, 0.05) is 30.9 Å². The van der Waals surface area contributed by atoms with Crippen LogP contribution in [-0.2, 0) is 11.2 Å². The van der Waals surface area contributed by atoms with Gasteiger partial charge in [-0.05, 0) is 48.7 Å². The van der Waals surface area contributed by atoms with Crippen LogP contribution >= 0.6 is 0 Å². The normalized spacial score (nSPS) is 13.6. The van der Waals surface area contributed by atoms with Gasteiger partial charge >= 0.3 is 0 Å². The van der Waals surface area contributed by atoms with Crippen molar-refractivity contribution in [3.63, 3.8) is 0 Å². The van der Waals surface area contributed by atoms with Crippen molar-refractivity contribution in [2.24, 2.45) is 0 Å². The minimum absolute atomic E-state index is 0.127. The lowest BCUT2D eigenvalue weighted by Gasteiger charge is -2.29. The number of nitrogens with zero attached hydrogens (tertiary/aromatic N) is 1. The second kappa shape index (κ2) is 6.60. The number of carbonyl (C=O) groups excluding carboxylic acids is 1. The summed E-state index contributed by atoms with van der Waals surface area (Å²) in [5.41, 5.74) is 3.11. The SMILES string of the molecule is O=C(CCNc1ccc(F)cc1)N1CCCc2ccccc21. The number of hydrogen-bond acceptors (Lipinski definition) is 2. The number of rotatable bonds is 4. The maximum absolute atomic E-state index is 12.8. The van der Waals surface area contributed by atoms with Gasteiger partial charge in [-0.15, -0.1) is 0 Å². The van der Waals surface area contributed by atoms with Crippen molar-refractivity contribution in [2.45, 2.75) is 19.3 Å². The number of benzene rings is 2. The Kier molecular flexibility index (Phi) is 4.37. The second-order valence-corrected chi connectivity index (χ2v) is 5.46. The van der Waals surface area contributed by atoms with Gasteiger partial charge in [-0.2, -0.15) is 0 Å². The number of carbonyl (C=O) groups is 1. The Labute approximate surface area is 129 Å². The molecule has 2 aromatic carbocycles. The number of aryl methyl sites for hydroxylation is 1. The number of fused-ring (bicyclic) bond motifs is 1. The Morgan fingerprint density at radius 2 is 1.91 bits per heavy atom. The van der Waals surface area contributed by atoms with Crippen molar-refractivity contribution in [3.05, 3.63) is 59.9 Å². The molecule has 114 valence electrons. The molecule has 22 heavy (non-hydrogen) atoms. The van der Waals surface area contributed by atoms with Crippen LogP contribution in [0.3, 0.4) is 0 Å². The van der Waals surface area contributed by atoms with Gasteiger partial charge in [0.2, 0.25) is 5.91 Å². The first-order chi connectivity index (χ1) is 10.7. The van der Waals surface area contributed by atoms with E-state index in [1.54, 1.807) is 12.1 Å². The topological polar surface area (TPSA) is 32.3 Å². The van der Waals surface area contributed by atoms with Crippen LogP contribution in [0, 0.1) is 5.82 Å². The Balaban J connectivity index is 1.58. The van der Waals surface area contributed by atoms with Crippen molar-refractivity contribution in [1.82, 2.24) is 0 Å². The van der Waals surface area contributed by atoms with Gasteiger partial charge < -0.3 is 10.2 Å². The molecule has 0 unspecified atom stereocenters. The first kappa shape index (κ1) is 14.6. The Morgan fingerprint density at radius 3 is 2.73 bits per heavy atom. The molecular weight excluding hydrogens is 279 g/mol. The third kappa shape index (κ3) is 3.27. The van der Waals surface area contributed by atoms with Gasteiger partial charge in [0.1, 0.15) is 5.82 Å². The highest BCUT2D eigenvalue weighted by atomic mass is 19.1. The minimum atomic E-state index is -0.258. The van der Waals surface area contributed by atoms with Crippen LogP contribution in [0.4, 0.5) is 15.8 Å². The average Bonchev–Trinajstić information content (AvgIpc) is 2.56. The summed E-state index contributed by atoms with van der Waals surface area (Å²) in [7, 11) is 0. The maximum Gasteiger partial charge on any atom is 0.228 e. The highest BCUT2D eigenvalue weighted by molar-refractivity contribution is 5.94. The third-order valence-corrected chi connectivity index (χ3v) is 3.92. The summed E-state index contributed by atoms with van der Waals surface area (Å²) in [4.78, 5) is 14.3. The lowest BCUT2D eigenvalue weighted by atomic mass is 10.0. The van der Waals surface area contributed by atoms with Gasteiger partial charge in [0.15, 0.2) is 0 Å². The van der Waals surface area contributed by atoms with Crippen molar-refractivity contribution < 1.29 is 9.18 Å². The van der Waals surface area contributed by atoms with Crippen LogP contribution in [0.25, 0.3) is 0 Å². The zero-order valence-corrected chi connectivity index (χ0v) is 12.4. The molecule has 3 rings (SSSR count). The van der Waals surface area contributed by atoms with Gasteiger partial charge in [-0.3, -0.25) is 4.79 Å². The summed E-state index contributed by atoms with van der Waals surface area (Å²) in [6.07, 6.45) is 2.47. The molecule has 0 saturated carbocycles. The molecule has 3 nitrogen and oxygen atoms in total. The zero-order valence-electron chi connectivity index (χ0n) is 12.4. The maximum atomic E-state index is 12.8. The molecule has 0 radical (unpaired) electrons. The summed E-state index contributed by atoms with van der Waals surface area (Å²) in [6.45, 7) is 1.33. The van der Waals surface area contributed by atoms with E-state index in [9.17, 15) is 9.18 Å². The van der Waals surface area contributed by atoms with Crippen LogP contribution < -0.4 is 10.2 Å². The van der Waals surface area contributed by atoms with Crippen LogP contribution in [0.15, 0.2) is 48.5 Å². The zero-order chi connectivity index (χ0) is 15.4. The van der Waals surface area contributed by atoms with Crippen molar-refractivity contribution >= 4 is 17.3 Å². The van der Waals surface area contributed by atoms with E-state index in [1.807, 2.05) is 23.1 Å². The molecule has 1 aliphatic rings. The van der Waals surface area contributed by atoms with E-state index in [0.29, 0.717) is 13.0 Å². The number of amides is 1. The average molecular weight is 298 g/mol. The number of para-hydroxylation sites is 1. The van der Waals surface area contributed by atoms with E-state index >= 15 is 0 Å². The molecule has 0 aromatic heterocycles. The van der Waals surface area contributed by atoms with Crippen molar-refractivity contribution in [1.29, 1.82) is 0 Å². The van der Waals surface area contributed by atoms with Gasteiger partial charge in [-0.25, -0.2) is 4.39 Å². The standard InChI is InChI=1S/C18H19FN2O/c19-15-7-9-16(10-8-15)20-12-11-18(22)21-13-3-5-14-4-1-2-6-17(14)21/h1-2,4,6-10,20H,3,5,11-13H2. The molecule has 0 saturated heterocycles. The third-order valence-electron chi connectivity index (χ3n) is 3.92. The molecule has 0 atom stereocenters. The molecule has 4 heteroatoms. The second-order valence-electron chi connectivity index (χ2n) is 5.46. The van der Waals surface area contributed by atoms with Crippen molar-refractivity contribution in [3.8, 4) is 0 Å². The molecule has 1 N–H and O–H groups in total. The summed E-state index contributed by atoms with van der Waals surface area (Å²) in [5, 5.41) is 3.15. The quantitative estimate of drug-likeness (QED) is 0.935. The number of nitrogens with one attached hydrogen (secondary N) is 1. The minimum Gasteiger partial charge on any atom is -0.385 e.